The number of benzene rings is 2. The molecule has 0 radical (unpaired) electrons. The normalized spacial score (nSPS) is 16.6. The van der Waals surface area contributed by atoms with Gasteiger partial charge in [0, 0.05) is 39.3 Å². The van der Waals surface area contributed by atoms with Crippen molar-refractivity contribution in [2.75, 3.05) is 25.0 Å². The molecule has 0 aliphatic carbocycles. The fourth-order valence-corrected chi connectivity index (χ4v) is 3.74. The molecule has 9 heteroatoms. The minimum absolute atomic E-state index is 0. The van der Waals surface area contributed by atoms with Crippen molar-refractivity contribution >= 4 is 46.7 Å². The number of aromatic nitrogens is 2. The lowest BCUT2D eigenvalue weighted by molar-refractivity contribution is 0.580. The second-order valence-corrected chi connectivity index (χ2v) is 7.17. The number of nitrogens with one attached hydrogen (secondary N) is 2. The van der Waals surface area contributed by atoms with Gasteiger partial charge in [0.15, 0.2) is 5.96 Å². The Bertz CT molecular complexity index is 1050. The van der Waals surface area contributed by atoms with Crippen molar-refractivity contribution in [3.8, 4) is 0 Å². The van der Waals surface area contributed by atoms with E-state index in [0.29, 0.717) is 31.3 Å². The van der Waals surface area contributed by atoms with E-state index in [1.54, 1.807) is 7.05 Å². The molecule has 1 aromatic heterocycles. The first-order valence-corrected chi connectivity index (χ1v) is 9.62. The van der Waals surface area contributed by atoms with Gasteiger partial charge >= 0.3 is 0 Å². The third-order valence-electron chi connectivity index (χ3n) is 5.30. The van der Waals surface area contributed by atoms with Gasteiger partial charge in [-0.05, 0) is 30.7 Å². The van der Waals surface area contributed by atoms with Gasteiger partial charge in [0.2, 0.25) is 0 Å². The highest BCUT2D eigenvalue weighted by molar-refractivity contribution is 14.0. The van der Waals surface area contributed by atoms with Crippen LogP contribution in [-0.2, 0) is 13.6 Å². The van der Waals surface area contributed by atoms with Crippen molar-refractivity contribution in [3.63, 3.8) is 0 Å². The number of guanidine groups is 1. The van der Waals surface area contributed by atoms with Crippen molar-refractivity contribution in [2.45, 2.75) is 19.0 Å². The number of aliphatic imine (C=N–C) groups is 1. The summed E-state index contributed by atoms with van der Waals surface area (Å²) in [4.78, 5) is 10.9. The van der Waals surface area contributed by atoms with Crippen LogP contribution in [0, 0.1) is 11.6 Å². The van der Waals surface area contributed by atoms with E-state index in [4.69, 9.17) is 0 Å². The largest absolute Gasteiger partial charge is 0.367 e. The van der Waals surface area contributed by atoms with Crippen molar-refractivity contribution in [1.82, 2.24) is 20.2 Å². The van der Waals surface area contributed by atoms with Gasteiger partial charge in [0.1, 0.15) is 17.5 Å². The summed E-state index contributed by atoms with van der Waals surface area (Å²) < 4.78 is 29.3. The van der Waals surface area contributed by atoms with E-state index >= 15 is 0 Å². The zero-order valence-electron chi connectivity index (χ0n) is 16.9. The Morgan fingerprint density at radius 1 is 1.23 bits per heavy atom. The molecule has 4 rings (SSSR count). The third kappa shape index (κ3) is 4.66. The summed E-state index contributed by atoms with van der Waals surface area (Å²) in [6.45, 7) is 1.85. The lowest BCUT2D eigenvalue weighted by Crippen LogP contribution is -2.44. The molecule has 1 saturated heterocycles. The molecular formula is C21H25F2IN6. The van der Waals surface area contributed by atoms with Crippen molar-refractivity contribution in [2.24, 2.45) is 12.0 Å². The summed E-state index contributed by atoms with van der Waals surface area (Å²) in [7, 11) is 3.71. The molecule has 2 heterocycles. The Hall–Kier alpha value is -2.43. The molecule has 30 heavy (non-hydrogen) atoms. The van der Waals surface area contributed by atoms with E-state index in [9.17, 15) is 8.78 Å². The monoisotopic (exact) mass is 526 g/mol. The van der Waals surface area contributed by atoms with Gasteiger partial charge in [0.25, 0.3) is 0 Å². The predicted molar refractivity (Wildman–Crippen MR) is 126 cm³/mol. The van der Waals surface area contributed by atoms with E-state index in [0.717, 1.165) is 29.3 Å². The maximum Gasteiger partial charge on any atom is 0.191 e. The lowest BCUT2D eigenvalue weighted by Gasteiger charge is -2.21. The third-order valence-corrected chi connectivity index (χ3v) is 5.30. The minimum atomic E-state index is -0.563. The van der Waals surface area contributed by atoms with Crippen LogP contribution >= 0.6 is 24.0 Å². The van der Waals surface area contributed by atoms with Crippen LogP contribution in [0.4, 0.5) is 14.5 Å². The topological polar surface area (TPSA) is 57.5 Å². The summed E-state index contributed by atoms with van der Waals surface area (Å²) in [6, 6.07) is 11.8. The molecule has 2 aromatic carbocycles. The smallest absolute Gasteiger partial charge is 0.191 e. The van der Waals surface area contributed by atoms with Gasteiger partial charge in [-0.15, -0.1) is 24.0 Å². The van der Waals surface area contributed by atoms with Gasteiger partial charge in [-0.1, -0.05) is 12.1 Å². The van der Waals surface area contributed by atoms with Crippen LogP contribution in [0.3, 0.4) is 0 Å². The number of para-hydroxylation sites is 2. The molecule has 0 saturated carbocycles. The Morgan fingerprint density at radius 2 is 2.03 bits per heavy atom. The number of anilines is 1. The van der Waals surface area contributed by atoms with Gasteiger partial charge in [0.05, 0.1) is 23.3 Å². The number of fused-ring (bicyclic) bond motifs is 1. The average molecular weight is 526 g/mol. The zero-order chi connectivity index (χ0) is 20.4. The fourth-order valence-electron chi connectivity index (χ4n) is 3.74. The van der Waals surface area contributed by atoms with Crippen molar-refractivity contribution in [1.29, 1.82) is 0 Å². The molecule has 2 N–H and O–H groups in total. The highest BCUT2D eigenvalue weighted by atomic mass is 127. The molecule has 3 aromatic rings. The van der Waals surface area contributed by atoms with Crippen LogP contribution in [0.5, 0.6) is 0 Å². The highest BCUT2D eigenvalue weighted by Gasteiger charge is 2.25. The Morgan fingerprint density at radius 3 is 2.77 bits per heavy atom. The summed E-state index contributed by atoms with van der Waals surface area (Å²) >= 11 is 0. The number of aryl methyl sites for hydroxylation is 1. The highest BCUT2D eigenvalue weighted by Crippen LogP contribution is 2.24. The van der Waals surface area contributed by atoms with Gasteiger partial charge in [-0.2, -0.15) is 0 Å². The summed E-state index contributed by atoms with van der Waals surface area (Å²) in [5, 5.41) is 6.68. The van der Waals surface area contributed by atoms with Crippen LogP contribution in [0.25, 0.3) is 11.0 Å². The average Bonchev–Trinajstić information content (AvgIpc) is 3.30. The summed E-state index contributed by atoms with van der Waals surface area (Å²) in [5.74, 6) is 0.487. The van der Waals surface area contributed by atoms with Gasteiger partial charge in [-0.3, -0.25) is 4.99 Å². The van der Waals surface area contributed by atoms with Gasteiger partial charge < -0.3 is 20.1 Å². The number of rotatable bonds is 4. The first-order chi connectivity index (χ1) is 14.0. The maximum absolute atomic E-state index is 14.0. The molecule has 1 aliphatic rings. The minimum Gasteiger partial charge on any atom is -0.367 e. The number of hydrogen-bond acceptors (Lipinski definition) is 3. The molecule has 0 amide bonds. The second-order valence-electron chi connectivity index (χ2n) is 7.17. The molecule has 0 spiro atoms. The Kier molecular flexibility index (Phi) is 7.11. The first-order valence-electron chi connectivity index (χ1n) is 9.62. The quantitative estimate of drug-likeness (QED) is 0.311. The summed E-state index contributed by atoms with van der Waals surface area (Å²) in [6.07, 6.45) is 0.837. The van der Waals surface area contributed by atoms with Crippen LogP contribution < -0.4 is 15.5 Å². The molecule has 160 valence electrons. The second kappa shape index (κ2) is 9.59. The van der Waals surface area contributed by atoms with E-state index in [1.165, 1.54) is 12.1 Å². The molecule has 1 unspecified atom stereocenters. The SMILES string of the molecule is CN=C(NCc1nc2ccccc2n1C)NC1CCN(c2ccc(F)cc2F)C1.I. The molecule has 1 fully saturated rings. The first kappa shape index (κ1) is 22.3. The number of imidazole rings is 1. The van der Waals surface area contributed by atoms with E-state index in [2.05, 4.69) is 25.2 Å². The number of hydrogen-bond donors (Lipinski definition) is 2. The van der Waals surface area contributed by atoms with Gasteiger partial charge in [-0.25, -0.2) is 13.8 Å². The molecular weight excluding hydrogens is 501 g/mol. The standard InChI is InChI=1S/C21H24F2N6.HI/c1-24-21(25-12-20-27-17-5-3-4-6-19(17)28(20)2)26-15-9-10-29(13-15)18-8-7-14(22)11-16(18)23;/h3-8,11,15H,9-10,12-13H2,1-2H3,(H2,24,25,26);1H. The van der Waals surface area contributed by atoms with Crippen LogP contribution in [0.1, 0.15) is 12.2 Å². The van der Waals surface area contributed by atoms with E-state index < -0.39 is 11.6 Å². The molecule has 6 nitrogen and oxygen atoms in total. The number of nitrogens with zero attached hydrogens (tertiary/aromatic N) is 4. The Balaban J connectivity index is 0.00000256. The zero-order valence-corrected chi connectivity index (χ0v) is 19.2. The van der Waals surface area contributed by atoms with Crippen molar-refractivity contribution in [3.05, 3.63) is 59.9 Å². The van der Waals surface area contributed by atoms with Crippen LogP contribution in [0.2, 0.25) is 0 Å². The molecule has 1 aliphatic heterocycles. The Labute approximate surface area is 191 Å². The molecule has 0 bridgehead atoms. The van der Waals surface area contributed by atoms with Crippen LogP contribution in [0.15, 0.2) is 47.5 Å². The summed E-state index contributed by atoms with van der Waals surface area (Å²) in [5.41, 5.74) is 2.47. The lowest BCUT2D eigenvalue weighted by atomic mass is 10.2. The fraction of sp³-hybridized carbons (Fsp3) is 0.333. The van der Waals surface area contributed by atoms with Crippen LogP contribution in [-0.4, -0.2) is 41.7 Å². The predicted octanol–water partition coefficient (Wildman–Crippen LogP) is 3.41. The van der Waals surface area contributed by atoms with E-state index in [1.807, 2.05) is 36.2 Å². The van der Waals surface area contributed by atoms with Crippen molar-refractivity contribution < 1.29 is 8.78 Å². The maximum atomic E-state index is 14.0. The van der Waals surface area contributed by atoms with E-state index in [-0.39, 0.29) is 30.0 Å². The number of halogens is 3. The molecule has 1 atom stereocenters.